The molecule has 1 aliphatic rings. The number of aromatic nitrogens is 1. The van der Waals surface area contributed by atoms with Gasteiger partial charge in [-0.25, -0.2) is 0 Å². The molecule has 1 saturated heterocycles. The molecule has 2 aromatic carbocycles. The zero-order valence-electron chi connectivity index (χ0n) is 14.6. The Kier molecular flexibility index (Phi) is 4.86. The summed E-state index contributed by atoms with van der Waals surface area (Å²) in [5.41, 5.74) is 1.62. The maximum Gasteiger partial charge on any atom is 0.279 e. The van der Waals surface area contributed by atoms with E-state index >= 15 is 0 Å². The first-order valence-electron chi connectivity index (χ1n) is 8.69. The van der Waals surface area contributed by atoms with Crippen molar-refractivity contribution in [3.63, 3.8) is 0 Å². The van der Waals surface area contributed by atoms with E-state index < -0.39 is 0 Å². The molecule has 3 aromatic rings. The standard InChI is InChI=1S/C20H20N2O3S/c1-22-17-6-2-3-7-18(17)26-20(22)21-19(23)14-8-10-15(11-9-14)25-13-16-5-4-12-24-16/h2-3,6-11,16H,4-5,12-13H2,1H3/t16-/m1/s1. The number of amides is 1. The number of para-hydroxylation sites is 1. The number of hydrogen-bond donors (Lipinski definition) is 0. The third kappa shape index (κ3) is 3.57. The van der Waals surface area contributed by atoms with Crippen LogP contribution in [0.4, 0.5) is 0 Å². The summed E-state index contributed by atoms with van der Waals surface area (Å²) in [6.07, 6.45) is 2.32. The highest BCUT2D eigenvalue weighted by molar-refractivity contribution is 7.16. The van der Waals surface area contributed by atoms with Crippen LogP contribution in [0.3, 0.4) is 0 Å². The van der Waals surface area contributed by atoms with Crippen LogP contribution >= 0.6 is 11.3 Å². The lowest BCUT2D eigenvalue weighted by molar-refractivity contribution is 0.0679. The second kappa shape index (κ2) is 7.43. The first-order chi connectivity index (χ1) is 12.7. The maximum absolute atomic E-state index is 12.5. The van der Waals surface area contributed by atoms with Crippen LogP contribution in [0.2, 0.25) is 0 Å². The van der Waals surface area contributed by atoms with Gasteiger partial charge < -0.3 is 14.0 Å². The van der Waals surface area contributed by atoms with Crippen LogP contribution in [-0.2, 0) is 11.8 Å². The third-order valence-corrected chi connectivity index (χ3v) is 5.59. The lowest BCUT2D eigenvalue weighted by Gasteiger charge is -2.11. The molecule has 0 aliphatic carbocycles. The van der Waals surface area contributed by atoms with Crippen LogP contribution in [0, 0.1) is 0 Å². The van der Waals surface area contributed by atoms with Crippen LogP contribution in [0.1, 0.15) is 23.2 Å². The molecule has 1 aromatic heterocycles. The Bertz CT molecular complexity index is 982. The van der Waals surface area contributed by atoms with Crippen molar-refractivity contribution < 1.29 is 14.3 Å². The quantitative estimate of drug-likeness (QED) is 0.708. The second-order valence-electron chi connectivity index (χ2n) is 6.30. The van der Waals surface area contributed by atoms with Crippen LogP contribution in [-0.4, -0.2) is 29.8 Å². The van der Waals surface area contributed by atoms with E-state index in [0.717, 1.165) is 35.4 Å². The summed E-state index contributed by atoms with van der Waals surface area (Å²) < 4.78 is 14.3. The topological polar surface area (TPSA) is 52.8 Å². The normalized spacial score (nSPS) is 17.7. The van der Waals surface area contributed by atoms with Gasteiger partial charge in [0.2, 0.25) is 0 Å². The number of thiazole rings is 1. The molecule has 26 heavy (non-hydrogen) atoms. The molecule has 1 amide bonds. The van der Waals surface area contributed by atoms with Gasteiger partial charge in [0.1, 0.15) is 12.4 Å². The molecule has 6 heteroatoms. The van der Waals surface area contributed by atoms with Crippen LogP contribution in [0.25, 0.3) is 10.2 Å². The van der Waals surface area contributed by atoms with E-state index in [1.54, 1.807) is 12.1 Å². The van der Waals surface area contributed by atoms with E-state index in [9.17, 15) is 4.79 Å². The summed E-state index contributed by atoms with van der Waals surface area (Å²) in [6.45, 7) is 1.37. The van der Waals surface area contributed by atoms with Crippen molar-refractivity contribution in [2.45, 2.75) is 18.9 Å². The fourth-order valence-corrected chi connectivity index (χ4v) is 4.02. The number of hydrogen-bond acceptors (Lipinski definition) is 4. The molecule has 1 aliphatic heterocycles. The smallest absolute Gasteiger partial charge is 0.279 e. The molecule has 4 rings (SSSR count). The lowest BCUT2D eigenvalue weighted by atomic mass is 10.2. The summed E-state index contributed by atoms with van der Waals surface area (Å²) in [5.74, 6) is 0.488. The first kappa shape index (κ1) is 17.0. The van der Waals surface area contributed by atoms with Crippen molar-refractivity contribution in [3.05, 3.63) is 58.9 Å². The minimum Gasteiger partial charge on any atom is -0.491 e. The van der Waals surface area contributed by atoms with Crippen molar-refractivity contribution in [1.82, 2.24) is 4.57 Å². The number of fused-ring (bicyclic) bond motifs is 1. The SMILES string of the molecule is Cn1c(=NC(=O)c2ccc(OC[C@H]3CCCO3)cc2)sc2ccccc21. The van der Waals surface area contributed by atoms with Gasteiger partial charge in [-0.1, -0.05) is 23.5 Å². The predicted molar refractivity (Wildman–Crippen MR) is 102 cm³/mol. The highest BCUT2D eigenvalue weighted by Gasteiger charge is 2.16. The zero-order valence-corrected chi connectivity index (χ0v) is 15.4. The van der Waals surface area contributed by atoms with Crippen molar-refractivity contribution in [2.75, 3.05) is 13.2 Å². The number of benzene rings is 2. The van der Waals surface area contributed by atoms with Crippen molar-refractivity contribution in [2.24, 2.45) is 12.0 Å². The third-order valence-electron chi connectivity index (χ3n) is 4.47. The average Bonchev–Trinajstić information content (AvgIpc) is 3.29. The number of nitrogens with zero attached hydrogens (tertiary/aromatic N) is 2. The number of carbonyl (C=O) groups excluding carboxylic acids is 1. The Morgan fingerprint density at radius 1 is 1.27 bits per heavy atom. The van der Waals surface area contributed by atoms with Gasteiger partial charge in [-0.2, -0.15) is 4.99 Å². The van der Waals surface area contributed by atoms with E-state index in [1.807, 2.05) is 48.0 Å². The number of carbonyl (C=O) groups is 1. The molecule has 0 N–H and O–H groups in total. The Morgan fingerprint density at radius 3 is 2.81 bits per heavy atom. The second-order valence-corrected chi connectivity index (χ2v) is 7.31. The molecule has 0 bridgehead atoms. The van der Waals surface area contributed by atoms with Gasteiger partial charge in [0.25, 0.3) is 5.91 Å². The molecule has 5 nitrogen and oxygen atoms in total. The van der Waals surface area contributed by atoms with E-state index in [2.05, 4.69) is 4.99 Å². The molecule has 0 unspecified atom stereocenters. The van der Waals surface area contributed by atoms with E-state index in [0.29, 0.717) is 17.0 Å². The van der Waals surface area contributed by atoms with Crippen LogP contribution < -0.4 is 9.54 Å². The molecular formula is C20H20N2O3S. The van der Waals surface area contributed by atoms with Gasteiger partial charge in [0.05, 0.1) is 16.3 Å². The molecule has 2 heterocycles. The molecule has 0 spiro atoms. The summed E-state index contributed by atoms with van der Waals surface area (Å²) >= 11 is 1.51. The maximum atomic E-state index is 12.5. The lowest BCUT2D eigenvalue weighted by Crippen LogP contribution is -2.16. The van der Waals surface area contributed by atoms with Gasteiger partial charge >= 0.3 is 0 Å². The highest BCUT2D eigenvalue weighted by Crippen LogP contribution is 2.18. The van der Waals surface area contributed by atoms with Crippen LogP contribution in [0.5, 0.6) is 5.75 Å². The summed E-state index contributed by atoms with van der Waals surface area (Å²) in [6, 6.07) is 15.1. The molecular weight excluding hydrogens is 348 g/mol. The summed E-state index contributed by atoms with van der Waals surface area (Å²) in [7, 11) is 1.92. The minimum atomic E-state index is -0.252. The highest BCUT2D eigenvalue weighted by atomic mass is 32.1. The Labute approximate surface area is 155 Å². The van der Waals surface area contributed by atoms with Crippen molar-refractivity contribution in [3.8, 4) is 5.75 Å². The van der Waals surface area contributed by atoms with Gasteiger partial charge in [-0.15, -0.1) is 0 Å². The minimum absolute atomic E-state index is 0.180. The van der Waals surface area contributed by atoms with E-state index in [-0.39, 0.29) is 12.0 Å². The average molecular weight is 368 g/mol. The number of ether oxygens (including phenoxy) is 2. The van der Waals surface area contributed by atoms with Crippen molar-refractivity contribution >= 4 is 27.5 Å². The van der Waals surface area contributed by atoms with Gasteiger partial charge in [-0.3, -0.25) is 4.79 Å². The first-order valence-corrected chi connectivity index (χ1v) is 9.50. The summed E-state index contributed by atoms with van der Waals surface area (Å²) in [5, 5.41) is 0. The van der Waals surface area contributed by atoms with Crippen LogP contribution in [0.15, 0.2) is 53.5 Å². The van der Waals surface area contributed by atoms with E-state index in [1.165, 1.54) is 11.3 Å². The Balaban J connectivity index is 1.49. The van der Waals surface area contributed by atoms with Gasteiger partial charge in [0.15, 0.2) is 4.80 Å². The van der Waals surface area contributed by atoms with Gasteiger partial charge in [0, 0.05) is 19.2 Å². The molecule has 134 valence electrons. The molecule has 0 radical (unpaired) electrons. The monoisotopic (exact) mass is 368 g/mol. The fraction of sp³-hybridized carbons (Fsp3) is 0.300. The zero-order chi connectivity index (χ0) is 17.9. The predicted octanol–water partition coefficient (Wildman–Crippen LogP) is 3.54. The fourth-order valence-electron chi connectivity index (χ4n) is 3.00. The molecule has 1 fully saturated rings. The Morgan fingerprint density at radius 2 is 2.08 bits per heavy atom. The van der Waals surface area contributed by atoms with Crippen molar-refractivity contribution in [1.29, 1.82) is 0 Å². The summed E-state index contributed by atoms with van der Waals surface area (Å²) in [4.78, 5) is 17.5. The number of aryl methyl sites for hydroxylation is 1. The van der Waals surface area contributed by atoms with Gasteiger partial charge in [-0.05, 0) is 49.2 Å². The molecule has 1 atom stereocenters. The largest absolute Gasteiger partial charge is 0.491 e. The number of rotatable bonds is 4. The molecule has 0 saturated carbocycles. The Hall–Kier alpha value is -2.44. The van der Waals surface area contributed by atoms with E-state index in [4.69, 9.17) is 9.47 Å².